The molecule has 1 N–H and O–H groups in total. The van der Waals surface area contributed by atoms with E-state index in [1.165, 1.54) is 22.3 Å². The molecule has 0 bridgehead atoms. The van der Waals surface area contributed by atoms with Gasteiger partial charge in [0.1, 0.15) is 0 Å². The van der Waals surface area contributed by atoms with Crippen LogP contribution in [0.15, 0.2) is 48.5 Å². The van der Waals surface area contributed by atoms with Gasteiger partial charge in [-0.3, -0.25) is 0 Å². The van der Waals surface area contributed by atoms with Crippen LogP contribution in [0.2, 0.25) is 0 Å². The molecule has 0 heterocycles. The minimum Gasteiger partial charge on any atom is -0.303 e. The highest BCUT2D eigenvalue weighted by atomic mass is 14.9. The molecule has 106 valence electrons. The molecule has 0 fully saturated rings. The maximum atomic E-state index is 3.76. The Hall–Kier alpha value is -1.60. The van der Waals surface area contributed by atoms with Crippen molar-refractivity contribution in [2.75, 3.05) is 0 Å². The van der Waals surface area contributed by atoms with Crippen LogP contribution in [0.5, 0.6) is 0 Å². The summed E-state index contributed by atoms with van der Waals surface area (Å²) in [5.41, 5.74) is 5.43. The normalized spacial score (nSPS) is 14.0. The summed E-state index contributed by atoms with van der Waals surface area (Å²) in [6.07, 6.45) is 1.10. The van der Waals surface area contributed by atoms with Gasteiger partial charge >= 0.3 is 0 Å². The van der Waals surface area contributed by atoms with Crippen LogP contribution < -0.4 is 5.32 Å². The molecule has 1 heteroatoms. The molecular weight excluding hydrogens is 242 g/mol. The molecule has 2 rings (SSSR count). The standard InChI is InChI=1S/C19H25N/c1-5-19(17-12-10-14(2)11-13-17)20-16(4)18-9-7-6-8-15(18)3/h6-13,16,19-20H,5H2,1-4H3/t16-,19?/m0/s1. The highest BCUT2D eigenvalue weighted by Gasteiger charge is 2.14. The van der Waals surface area contributed by atoms with E-state index in [2.05, 4.69) is 81.5 Å². The third kappa shape index (κ3) is 3.49. The molecule has 0 amide bonds. The summed E-state index contributed by atoms with van der Waals surface area (Å²) in [6, 6.07) is 18.2. The van der Waals surface area contributed by atoms with E-state index in [1.807, 2.05) is 0 Å². The molecule has 2 aromatic rings. The summed E-state index contributed by atoms with van der Waals surface area (Å²) in [4.78, 5) is 0. The van der Waals surface area contributed by atoms with Gasteiger partial charge in [-0.05, 0) is 43.9 Å². The minimum absolute atomic E-state index is 0.363. The Morgan fingerprint density at radius 3 is 2.20 bits per heavy atom. The van der Waals surface area contributed by atoms with E-state index in [0.717, 1.165) is 6.42 Å². The molecule has 0 spiro atoms. The lowest BCUT2D eigenvalue weighted by Gasteiger charge is -2.24. The van der Waals surface area contributed by atoms with E-state index < -0.39 is 0 Å². The predicted molar refractivity (Wildman–Crippen MR) is 86.9 cm³/mol. The third-order valence-corrected chi connectivity index (χ3v) is 3.99. The molecule has 0 saturated carbocycles. The Balaban J connectivity index is 2.14. The molecule has 2 atom stereocenters. The van der Waals surface area contributed by atoms with Gasteiger partial charge in [0, 0.05) is 12.1 Å². The highest BCUT2D eigenvalue weighted by molar-refractivity contribution is 5.29. The molecule has 20 heavy (non-hydrogen) atoms. The lowest BCUT2D eigenvalue weighted by atomic mass is 9.98. The van der Waals surface area contributed by atoms with Crippen molar-refractivity contribution in [1.29, 1.82) is 0 Å². The van der Waals surface area contributed by atoms with Crippen molar-refractivity contribution in [3.05, 3.63) is 70.8 Å². The summed E-state index contributed by atoms with van der Waals surface area (Å²) in [6.45, 7) is 8.80. The topological polar surface area (TPSA) is 12.0 Å². The Bertz CT molecular complexity index is 542. The van der Waals surface area contributed by atoms with Crippen molar-refractivity contribution in [2.24, 2.45) is 0 Å². The number of aryl methyl sites for hydroxylation is 2. The number of rotatable bonds is 5. The number of hydrogen-bond donors (Lipinski definition) is 1. The Morgan fingerprint density at radius 2 is 1.60 bits per heavy atom. The molecule has 1 nitrogen and oxygen atoms in total. The fourth-order valence-electron chi connectivity index (χ4n) is 2.71. The van der Waals surface area contributed by atoms with Crippen molar-refractivity contribution < 1.29 is 0 Å². The first kappa shape index (κ1) is 14.8. The van der Waals surface area contributed by atoms with Gasteiger partial charge in [-0.1, -0.05) is 61.0 Å². The predicted octanol–water partition coefficient (Wildman–Crippen LogP) is 5.11. The second-order valence-electron chi connectivity index (χ2n) is 5.62. The molecule has 1 unspecified atom stereocenters. The van der Waals surface area contributed by atoms with Crippen LogP contribution in [0.3, 0.4) is 0 Å². The molecule has 2 aromatic carbocycles. The Labute approximate surface area is 123 Å². The number of nitrogens with one attached hydrogen (secondary N) is 1. The van der Waals surface area contributed by atoms with E-state index in [9.17, 15) is 0 Å². The van der Waals surface area contributed by atoms with Crippen LogP contribution >= 0.6 is 0 Å². The lowest BCUT2D eigenvalue weighted by molar-refractivity contribution is 0.455. The number of hydrogen-bond acceptors (Lipinski definition) is 1. The van der Waals surface area contributed by atoms with E-state index in [-0.39, 0.29) is 0 Å². The SMILES string of the molecule is CCC(N[C@@H](C)c1ccccc1C)c1ccc(C)cc1. The maximum Gasteiger partial charge on any atom is 0.0323 e. The molecule has 0 aliphatic rings. The summed E-state index contributed by atoms with van der Waals surface area (Å²) in [7, 11) is 0. The van der Waals surface area contributed by atoms with E-state index >= 15 is 0 Å². The fourth-order valence-corrected chi connectivity index (χ4v) is 2.71. The zero-order valence-corrected chi connectivity index (χ0v) is 13.0. The Morgan fingerprint density at radius 1 is 0.950 bits per heavy atom. The quantitative estimate of drug-likeness (QED) is 0.794. The van der Waals surface area contributed by atoms with Crippen LogP contribution in [0, 0.1) is 13.8 Å². The van der Waals surface area contributed by atoms with Gasteiger partial charge in [0.2, 0.25) is 0 Å². The Kier molecular flexibility index (Phi) is 4.97. The van der Waals surface area contributed by atoms with Crippen LogP contribution in [0.1, 0.15) is 54.6 Å². The summed E-state index contributed by atoms with van der Waals surface area (Å²) in [5.74, 6) is 0. The fraction of sp³-hybridized carbons (Fsp3) is 0.368. The molecule has 0 saturated heterocycles. The van der Waals surface area contributed by atoms with Gasteiger partial charge in [0.15, 0.2) is 0 Å². The molecule has 0 aliphatic heterocycles. The van der Waals surface area contributed by atoms with Gasteiger partial charge < -0.3 is 5.32 Å². The highest BCUT2D eigenvalue weighted by Crippen LogP contribution is 2.24. The second-order valence-corrected chi connectivity index (χ2v) is 5.62. The number of benzene rings is 2. The van der Waals surface area contributed by atoms with Crippen molar-refractivity contribution in [3.63, 3.8) is 0 Å². The summed E-state index contributed by atoms with van der Waals surface area (Å²) < 4.78 is 0. The van der Waals surface area contributed by atoms with Crippen LogP contribution in [0.25, 0.3) is 0 Å². The van der Waals surface area contributed by atoms with Crippen molar-refractivity contribution >= 4 is 0 Å². The first-order valence-corrected chi connectivity index (χ1v) is 7.50. The zero-order chi connectivity index (χ0) is 14.5. The largest absolute Gasteiger partial charge is 0.303 e. The van der Waals surface area contributed by atoms with Gasteiger partial charge in [-0.25, -0.2) is 0 Å². The van der Waals surface area contributed by atoms with Crippen molar-refractivity contribution in [3.8, 4) is 0 Å². The summed E-state index contributed by atoms with van der Waals surface area (Å²) in [5, 5.41) is 3.76. The van der Waals surface area contributed by atoms with Crippen LogP contribution in [-0.2, 0) is 0 Å². The van der Waals surface area contributed by atoms with E-state index in [0.29, 0.717) is 12.1 Å². The third-order valence-electron chi connectivity index (χ3n) is 3.99. The van der Waals surface area contributed by atoms with Gasteiger partial charge in [-0.2, -0.15) is 0 Å². The van der Waals surface area contributed by atoms with Crippen molar-refractivity contribution in [2.45, 2.75) is 46.2 Å². The van der Waals surface area contributed by atoms with Gasteiger partial charge in [0.25, 0.3) is 0 Å². The van der Waals surface area contributed by atoms with Crippen LogP contribution in [-0.4, -0.2) is 0 Å². The zero-order valence-electron chi connectivity index (χ0n) is 13.0. The molecular formula is C19H25N. The second kappa shape index (κ2) is 6.71. The first-order chi connectivity index (χ1) is 9.61. The average molecular weight is 267 g/mol. The van der Waals surface area contributed by atoms with E-state index in [1.54, 1.807) is 0 Å². The first-order valence-electron chi connectivity index (χ1n) is 7.50. The lowest BCUT2D eigenvalue weighted by Crippen LogP contribution is -2.24. The maximum absolute atomic E-state index is 3.76. The smallest absolute Gasteiger partial charge is 0.0323 e. The van der Waals surface area contributed by atoms with Gasteiger partial charge in [0.05, 0.1) is 0 Å². The summed E-state index contributed by atoms with van der Waals surface area (Å²) >= 11 is 0. The monoisotopic (exact) mass is 267 g/mol. The van der Waals surface area contributed by atoms with Crippen LogP contribution in [0.4, 0.5) is 0 Å². The molecule has 0 aromatic heterocycles. The molecule has 0 radical (unpaired) electrons. The molecule has 0 aliphatic carbocycles. The van der Waals surface area contributed by atoms with E-state index in [4.69, 9.17) is 0 Å². The minimum atomic E-state index is 0.363. The van der Waals surface area contributed by atoms with Gasteiger partial charge in [-0.15, -0.1) is 0 Å². The van der Waals surface area contributed by atoms with Crippen molar-refractivity contribution in [1.82, 2.24) is 5.32 Å². The average Bonchev–Trinajstić information content (AvgIpc) is 2.46.